The summed E-state index contributed by atoms with van der Waals surface area (Å²) in [5, 5.41) is 3.16. The number of halogens is 1. The smallest absolute Gasteiger partial charge is 0.234 e. The van der Waals surface area contributed by atoms with Crippen LogP contribution in [0.25, 0.3) is 0 Å². The van der Waals surface area contributed by atoms with Gasteiger partial charge in [-0.15, -0.1) is 0 Å². The van der Waals surface area contributed by atoms with E-state index < -0.39 is 0 Å². The zero-order valence-corrected chi connectivity index (χ0v) is 13.9. The molecule has 1 amide bonds. The minimum absolute atomic E-state index is 0.00706. The molecule has 1 atom stereocenters. The summed E-state index contributed by atoms with van der Waals surface area (Å²) < 4.78 is 0. The van der Waals surface area contributed by atoms with E-state index in [0.29, 0.717) is 0 Å². The number of nitrogens with one attached hydrogen (secondary N) is 1. The molecule has 19 heavy (non-hydrogen) atoms. The molecule has 0 radical (unpaired) electrons. The van der Waals surface area contributed by atoms with Crippen molar-refractivity contribution >= 4 is 21.8 Å². The van der Waals surface area contributed by atoms with Gasteiger partial charge in [-0.2, -0.15) is 0 Å². The molecule has 0 aromatic carbocycles. The SMILES string of the molecule is CC(C)(C)NC(=O)C(Br)C12CC3CC(CC(C3)C1)C2. The van der Waals surface area contributed by atoms with E-state index in [4.69, 9.17) is 0 Å². The molecular weight excluding hydrogens is 302 g/mol. The minimum Gasteiger partial charge on any atom is -0.351 e. The van der Waals surface area contributed by atoms with Crippen LogP contribution >= 0.6 is 15.9 Å². The van der Waals surface area contributed by atoms with Gasteiger partial charge in [0, 0.05) is 5.54 Å². The Morgan fingerprint density at radius 3 is 1.89 bits per heavy atom. The van der Waals surface area contributed by atoms with Crippen LogP contribution in [0.2, 0.25) is 0 Å². The predicted molar refractivity (Wildman–Crippen MR) is 81.2 cm³/mol. The van der Waals surface area contributed by atoms with Crippen molar-refractivity contribution in [1.29, 1.82) is 0 Å². The normalized spacial score (nSPS) is 42.2. The molecule has 2 nitrogen and oxygen atoms in total. The first-order chi connectivity index (χ1) is 8.77. The van der Waals surface area contributed by atoms with Gasteiger partial charge in [-0.25, -0.2) is 0 Å². The number of carbonyl (C=O) groups is 1. The van der Waals surface area contributed by atoms with Gasteiger partial charge in [0.25, 0.3) is 0 Å². The summed E-state index contributed by atoms with van der Waals surface area (Å²) >= 11 is 3.77. The standard InChI is InChI=1S/C16H26BrNO/c1-15(2,3)18-14(19)13(17)16-7-10-4-11(8-16)6-12(5-10)9-16/h10-13H,4-9H2,1-3H3,(H,18,19). The van der Waals surface area contributed by atoms with Crippen molar-refractivity contribution in [3.63, 3.8) is 0 Å². The molecular formula is C16H26BrNO. The van der Waals surface area contributed by atoms with Crippen LogP contribution in [-0.4, -0.2) is 16.3 Å². The summed E-state index contributed by atoms with van der Waals surface area (Å²) in [6, 6.07) is 0. The van der Waals surface area contributed by atoms with Crippen LogP contribution < -0.4 is 5.32 Å². The lowest BCUT2D eigenvalue weighted by molar-refractivity contribution is -0.129. The topological polar surface area (TPSA) is 29.1 Å². The maximum Gasteiger partial charge on any atom is 0.234 e. The number of alkyl halides is 1. The third-order valence-electron chi connectivity index (χ3n) is 5.35. The maximum absolute atomic E-state index is 12.5. The van der Waals surface area contributed by atoms with Gasteiger partial charge in [-0.3, -0.25) is 4.79 Å². The molecule has 108 valence electrons. The average molecular weight is 328 g/mol. The summed E-state index contributed by atoms with van der Waals surface area (Å²) in [5.74, 6) is 2.89. The van der Waals surface area contributed by atoms with Gasteiger partial charge in [-0.1, -0.05) is 15.9 Å². The second-order valence-corrected chi connectivity index (χ2v) is 9.30. The zero-order chi connectivity index (χ0) is 13.8. The summed E-state index contributed by atoms with van der Waals surface area (Å²) in [7, 11) is 0. The first-order valence-electron chi connectivity index (χ1n) is 7.73. The largest absolute Gasteiger partial charge is 0.351 e. The molecule has 3 heteroatoms. The average Bonchev–Trinajstić information content (AvgIpc) is 2.23. The summed E-state index contributed by atoms with van der Waals surface area (Å²) in [5.41, 5.74) is 0.121. The van der Waals surface area contributed by atoms with Crippen molar-refractivity contribution < 1.29 is 4.79 Å². The molecule has 0 heterocycles. The van der Waals surface area contributed by atoms with E-state index in [0.717, 1.165) is 17.8 Å². The lowest BCUT2D eigenvalue weighted by Crippen LogP contribution is -2.56. The first-order valence-corrected chi connectivity index (χ1v) is 8.65. The van der Waals surface area contributed by atoms with E-state index in [1.165, 1.54) is 38.5 Å². The molecule has 1 N–H and O–H groups in total. The lowest BCUT2D eigenvalue weighted by Gasteiger charge is -2.58. The fourth-order valence-corrected chi connectivity index (χ4v) is 5.87. The molecule has 1 unspecified atom stereocenters. The number of hydrogen-bond acceptors (Lipinski definition) is 1. The van der Waals surface area contributed by atoms with Crippen LogP contribution in [0.4, 0.5) is 0 Å². The fraction of sp³-hybridized carbons (Fsp3) is 0.938. The predicted octanol–water partition coefficient (Wildman–Crippen LogP) is 3.88. The van der Waals surface area contributed by atoms with E-state index >= 15 is 0 Å². The second-order valence-electron chi connectivity index (χ2n) is 8.38. The Labute approximate surface area is 125 Å². The Hall–Kier alpha value is -0.0500. The second kappa shape index (κ2) is 4.47. The van der Waals surface area contributed by atoms with E-state index in [1.807, 2.05) is 0 Å². The highest BCUT2D eigenvalue weighted by Crippen LogP contribution is 2.62. The van der Waals surface area contributed by atoms with Crippen LogP contribution in [0.1, 0.15) is 59.3 Å². The van der Waals surface area contributed by atoms with Crippen LogP contribution in [0.3, 0.4) is 0 Å². The Morgan fingerprint density at radius 2 is 1.53 bits per heavy atom. The van der Waals surface area contributed by atoms with Crippen molar-refractivity contribution in [3.05, 3.63) is 0 Å². The highest BCUT2D eigenvalue weighted by Gasteiger charge is 2.55. The molecule has 4 saturated carbocycles. The number of hydrogen-bond donors (Lipinski definition) is 1. The third-order valence-corrected chi connectivity index (χ3v) is 6.74. The van der Waals surface area contributed by atoms with E-state index in [1.54, 1.807) is 0 Å². The van der Waals surface area contributed by atoms with Gasteiger partial charge in [-0.05, 0) is 82.5 Å². The highest BCUT2D eigenvalue weighted by atomic mass is 79.9. The van der Waals surface area contributed by atoms with Crippen molar-refractivity contribution in [2.75, 3.05) is 0 Å². The molecule has 4 rings (SSSR count). The molecule has 4 aliphatic carbocycles. The van der Waals surface area contributed by atoms with Crippen LogP contribution in [-0.2, 0) is 4.79 Å². The van der Waals surface area contributed by atoms with Crippen molar-refractivity contribution in [2.24, 2.45) is 23.2 Å². The van der Waals surface area contributed by atoms with E-state index in [-0.39, 0.29) is 21.7 Å². The molecule has 0 aromatic heterocycles. The van der Waals surface area contributed by atoms with Gasteiger partial charge in [0.15, 0.2) is 0 Å². The number of rotatable bonds is 2. The Kier molecular flexibility index (Phi) is 3.28. The van der Waals surface area contributed by atoms with Gasteiger partial charge in [0.1, 0.15) is 0 Å². The minimum atomic E-state index is -0.134. The maximum atomic E-state index is 12.5. The van der Waals surface area contributed by atoms with Crippen molar-refractivity contribution in [1.82, 2.24) is 5.32 Å². The van der Waals surface area contributed by atoms with Crippen LogP contribution in [0.5, 0.6) is 0 Å². The van der Waals surface area contributed by atoms with E-state index in [2.05, 4.69) is 42.0 Å². The fourth-order valence-electron chi connectivity index (χ4n) is 5.20. The Morgan fingerprint density at radius 1 is 1.11 bits per heavy atom. The quantitative estimate of drug-likeness (QED) is 0.766. The van der Waals surface area contributed by atoms with Crippen LogP contribution in [0, 0.1) is 23.2 Å². The summed E-state index contributed by atoms with van der Waals surface area (Å²) in [6.45, 7) is 6.18. The van der Waals surface area contributed by atoms with Gasteiger partial charge >= 0.3 is 0 Å². The molecule has 4 aliphatic rings. The van der Waals surface area contributed by atoms with Gasteiger partial charge in [0.05, 0.1) is 4.83 Å². The third kappa shape index (κ3) is 2.59. The number of carbonyl (C=O) groups excluding carboxylic acids is 1. The summed E-state index contributed by atoms with van der Waals surface area (Å²) in [6.07, 6.45) is 8.10. The van der Waals surface area contributed by atoms with E-state index in [9.17, 15) is 4.79 Å². The zero-order valence-electron chi connectivity index (χ0n) is 12.3. The molecule has 4 fully saturated rings. The first kappa shape index (κ1) is 13.9. The highest BCUT2D eigenvalue weighted by molar-refractivity contribution is 9.10. The van der Waals surface area contributed by atoms with Gasteiger partial charge in [0.2, 0.25) is 5.91 Å². The summed E-state index contributed by atoms with van der Waals surface area (Å²) in [4.78, 5) is 12.5. The van der Waals surface area contributed by atoms with Crippen LogP contribution in [0.15, 0.2) is 0 Å². The molecule has 4 bridgehead atoms. The monoisotopic (exact) mass is 327 g/mol. The molecule has 0 saturated heterocycles. The Balaban J connectivity index is 1.76. The Bertz CT molecular complexity index is 349. The van der Waals surface area contributed by atoms with Gasteiger partial charge < -0.3 is 5.32 Å². The van der Waals surface area contributed by atoms with Crippen molar-refractivity contribution in [3.8, 4) is 0 Å². The molecule has 0 aromatic rings. The van der Waals surface area contributed by atoms with Crippen molar-refractivity contribution in [2.45, 2.75) is 69.7 Å². The molecule has 0 aliphatic heterocycles. The number of amides is 1. The molecule has 0 spiro atoms. The lowest BCUT2D eigenvalue weighted by atomic mass is 9.49.